The second kappa shape index (κ2) is 11.9. The minimum absolute atomic E-state index is 0. The molecule has 0 aliphatic carbocycles. The quantitative estimate of drug-likeness (QED) is 0.733. The van der Waals surface area contributed by atoms with E-state index in [0.717, 1.165) is 44.3 Å². The van der Waals surface area contributed by atoms with Crippen LogP contribution in [0.1, 0.15) is 32.1 Å². The van der Waals surface area contributed by atoms with Crippen LogP contribution in [-0.4, -0.2) is 85.1 Å². The number of rotatable bonds is 4. The molecule has 1 atom stereocenters. The Hall–Kier alpha value is 0.280. The van der Waals surface area contributed by atoms with Crippen LogP contribution >= 0.6 is 36.6 Å². The maximum Gasteiger partial charge on any atom is 0.221 e. The van der Waals surface area contributed by atoms with Crippen LogP contribution in [0.3, 0.4) is 0 Å². The van der Waals surface area contributed by atoms with E-state index in [0.29, 0.717) is 18.5 Å². The number of halogens is 2. The lowest BCUT2D eigenvalue weighted by Crippen LogP contribution is -2.51. The predicted octanol–water partition coefficient (Wildman–Crippen LogP) is 1.60. The summed E-state index contributed by atoms with van der Waals surface area (Å²) in [6.45, 7) is 5.80. The average molecular weight is 413 g/mol. The molecule has 0 aromatic heterocycles. The molecule has 0 radical (unpaired) electrons. The summed E-state index contributed by atoms with van der Waals surface area (Å²) in [5.41, 5.74) is 0. The van der Waals surface area contributed by atoms with E-state index in [9.17, 15) is 4.79 Å². The number of carbonyl (C=O) groups excluding carboxylic acids is 1. The van der Waals surface area contributed by atoms with E-state index in [1.54, 1.807) is 0 Å². The van der Waals surface area contributed by atoms with Crippen molar-refractivity contribution in [2.24, 2.45) is 0 Å². The molecule has 0 bridgehead atoms. The Bertz CT molecular complexity index is 383. The first-order chi connectivity index (χ1) is 11.2. The third-order valence-corrected chi connectivity index (χ3v) is 6.66. The fourth-order valence-corrected chi connectivity index (χ4v) is 4.98. The molecule has 3 rings (SSSR count). The van der Waals surface area contributed by atoms with Crippen molar-refractivity contribution in [3.8, 4) is 0 Å². The topological polar surface area (TPSA) is 47.6 Å². The van der Waals surface area contributed by atoms with Gasteiger partial charge in [-0.25, -0.2) is 0 Å². The molecule has 3 fully saturated rings. The van der Waals surface area contributed by atoms with Crippen LogP contribution in [0.4, 0.5) is 0 Å². The van der Waals surface area contributed by atoms with Crippen molar-refractivity contribution in [3.05, 3.63) is 0 Å². The molecule has 3 aliphatic rings. The normalized spacial score (nSPS) is 27.2. The maximum absolute atomic E-state index is 12.2. The van der Waals surface area contributed by atoms with Crippen LogP contribution in [0.25, 0.3) is 0 Å². The Labute approximate surface area is 169 Å². The van der Waals surface area contributed by atoms with Crippen molar-refractivity contribution in [1.82, 2.24) is 20.4 Å². The molecule has 8 heteroatoms. The summed E-state index contributed by atoms with van der Waals surface area (Å²) in [7, 11) is 2.22. The van der Waals surface area contributed by atoms with Gasteiger partial charge < -0.3 is 20.4 Å². The van der Waals surface area contributed by atoms with E-state index in [4.69, 9.17) is 0 Å². The highest BCUT2D eigenvalue weighted by molar-refractivity contribution is 7.99. The third-order valence-electron chi connectivity index (χ3n) is 5.53. The van der Waals surface area contributed by atoms with Gasteiger partial charge in [0, 0.05) is 55.7 Å². The van der Waals surface area contributed by atoms with E-state index >= 15 is 0 Å². The van der Waals surface area contributed by atoms with Crippen molar-refractivity contribution in [1.29, 1.82) is 0 Å². The van der Waals surface area contributed by atoms with Crippen LogP contribution in [0, 0.1) is 0 Å². The zero-order valence-corrected chi connectivity index (χ0v) is 17.7. The van der Waals surface area contributed by atoms with Crippen LogP contribution in [0.2, 0.25) is 0 Å². The third kappa shape index (κ3) is 7.43. The van der Waals surface area contributed by atoms with E-state index in [2.05, 4.69) is 27.5 Å². The van der Waals surface area contributed by atoms with E-state index in [-0.39, 0.29) is 30.7 Å². The first kappa shape index (κ1) is 23.3. The van der Waals surface area contributed by atoms with Gasteiger partial charge in [-0.15, -0.1) is 24.8 Å². The molecule has 3 heterocycles. The van der Waals surface area contributed by atoms with Crippen LogP contribution < -0.4 is 10.6 Å². The summed E-state index contributed by atoms with van der Waals surface area (Å²) in [6.07, 6.45) is 5.48. The fraction of sp³-hybridized carbons (Fsp3) is 0.941. The molecule has 3 saturated heterocycles. The lowest BCUT2D eigenvalue weighted by Gasteiger charge is -2.41. The number of nitrogens with one attached hydrogen (secondary N) is 2. The summed E-state index contributed by atoms with van der Waals surface area (Å²) in [6, 6.07) is 1.53. The number of hydrogen-bond donors (Lipinski definition) is 2. The van der Waals surface area contributed by atoms with Gasteiger partial charge in [-0.1, -0.05) is 0 Å². The molecule has 1 unspecified atom stereocenters. The molecule has 1 amide bonds. The van der Waals surface area contributed by atoms with Gasteiger partial charge in [-0.3, -0.25) is 4.79 Å². The Morgan fingerprint density at radius 3 is 2.40 bits per heavy atom. The van der Waals surface area contributed by atoms with Gasteiger partial charge in [-0.05, 0) is 45.8 Å². The average Bonchev–Trinajstić information content (AvgIpc) is 2.57. The molecule has 0 aromatic rings. The Kier molecular flexibility index (Phi) is 11.1. The van der Waals surface area contributed by atoms with Gasteiger partial charge in [0.2, 0.25) is 5.91 Å². The zero-order valence-electron chi connectivity index (χ0n) is 15.2. The molecule has 0 aromatic carbocycles. The number of hydrogen-bond acceptors (Lipinski definition) is 5. The van der Waals surface area contributed by atoms with E-state index < -0.39 is 0 Å². The monoisotopic (exact) mass is 412 g/mol. The second-order valence-electron chi connectivity index (χ2n) is 7.34. The summed E-state index contributed by atoms with van der Waals surface area (Å²) < 4.78 is 0. The number of thioether (sulfide) groups is 1. The highest BCUT2D eigenvalue weighted by Gasteiger charge is 2.28. The van der Waals surface area contributed by atoms with Crippen LogP contribution in [-0.2, 0) is 4.79 Å². The second-order valence-corrected chi connectivity index (χ2v) is 8.49. The SMILES string of the molecule is CN1CCC(N2CCC(NC(=O)CC3CSCCN3)CC2)CC1.Cl.Cl. The molecule has 5 nitrogen and oxygen atoms in total. The summed E-state index contributed by atoms with van der Waals surface area (Å²) in [5.74, 6) is 2.48. The van der Waals surface area contributed by atoms with Crippen molar-refractivity contribution in [2.45, 2.75) is 50.2 Å². The van der Waals surface area contributed by atoms with E-state index in [1.165, 1.54) is 31.7 Å². The largest absolute Gasteiger partial charge is 0.353 e. The highest BCUT2D eigenvalue weighted by atomic mass is 35.5. The summed E-state index contributed by atoms with van der Waals surface area (Å²) in [5, 5.41) is 6.72. The predicted molar refractivity (Wildman–Crippen MR) is 111 cm³/mol. The van der Waals surface area contributed by atoms with Crippen molar-refractivity contribution in [2.75, 3.05) is 51.3 Å². The fourth-order valence-electron chi connectivity index (χ4n) is 4.03. The number of likely N-dealkylation sites (tertiary alicyclic amines) is 2. The van der Waals surface area contributed by atoms with Gasteiger partial charge in [0.1, 0.15) is 0 Å². The Morgan fingerprint density at radius 1 is 1.12 bits per heavy atom. The van der Waals surface area contributed by atoms with Gasteiger partial charge in [0.15, 0.2) is 0 Å². The lowest BCUT2D eigenvalue weighted by atomic mass is 9.98. The first-order valence-electron chi connectivity index (χ1n) is 9.24. The van der Waals surface area contributed by atoms with Gasteiger partial charge in [0.05, 0.1) is 0 Å². The molecular formula is C17H34Cl2N4OS. The van der Waals surface area contributed by atoms with Crippen molar-refractivity contribution < 1.29 is 4.79 Å². The highest BCUT2D eigenvalue weighted by Crippen LogP contribution is 2.20. The minimum Gasteiger partial charge on any atom is -0.353 e. The Morgan fingerprint density at radius 2 is 1.80 bits per heavy atom. The Balaban J connectivity index is 0.00000156. The van der Waals surface area contributed by atoms with E-state index in [1.807, 2.05) is 11.8 Å². The number of amides is 1. The number of nitrogens with zero attached hydrogens (tertiary/aromatic N) is 2. The maximum atomic E-state index is 12.2. The molecule has 0 saturated carbocycles. The smallest absolute Gasteiger partial charge is 0.221 e. The molecule has 2 N–H and O–H groups in total. The molecule has 25 heavy (non-hydrogen) atoms. The minimum atomic E-state index is 0. The molecular weight excluding hydrogens is 379 g/mol. The van der Waals surface area contributed by atoms with Gasteiger partial charge in [0.25, 0.3) is 0 Å². The van der Waals surface area contributed by atoms with Crippen molar-refractivity contribution >= 4 is 42.5 Å². The number of piperidine rings is 2. The van der Waals surface area contributed by atoms with Gasteiger partial charge in [-0.2, -0.15) is 11.8 Å². The van der Waals surface area contributed by atoms with Crippen LogP contribution in [0.5, 0.6) is 0 Å². The first-order valence-corrected chi connectivity index (χ1v) is 10.4. The van der Waals surface area contributed by atoms with Crippen molar-refractivity contribution in [3.63, 3.8) is 0 Å². The molecule has 0 spiro atoms. The number of carbonyl (C=O) groups is 1. The van der Waals surface area contributed by atoms with Gasteiger partial charge >= 0.3 is 0 Å². The van der Waals surface area contributed by atoms with Crippen LogP contribution in [0.15, 0.2) is 0 Å². The zero-order chi connectivity index (χ0) is 16.1. The molecule has 148 valence electrons. The summed E-state index contributed by atoms with van der Waals surface area (Å²) in [4.78, 5) is 17.3. The molecule has 3 aliphatic heterocycles. The standard InChI is InChI=1S/C17H32N4OS.2ClH/c1-20-7-4-16(5-8-20)21-9-2-14(3-10-21)19-17(22)12-15-13-23-11-6-18-15;;/h14-16,18H,2-13H2,1H3,(H,19,22);2*1H. The lowest BCUT2D eigenvalue weighted by molar-refractivity contribution is -0.122. The summed E-state index contributed by atoms with van der Waals surface area (Å²) >= 11 is 1.95.